The Bertz CT molecular complexity index is 677. The third kappa shape index (κ3) is 4.44. The van der Waals surface area contributed by atoms with Crippen molar-refractivity contribution in [2.75, 3.05) is 12.3 Å². The predicted molar refractivity (Wildman–Crippen MR) is 102 cm³/mol. The first kappa shape index (κ1) is 17.2. The van der Waals surface area contributed by atoms with Gasteiger partial charge in [0, 0.05) is 22.9 Å². The van der Waals surface area contributed by atoms with E-state index in [1.54, 1.807) is 6.92 Å². The molecular weight excluding hydrogens is 318 g/mol. The van der Waals surface area contributed by atoms with E-state index in [2.05, 4.69) is 5.32 Å². The highest BCUT2D eigenvalue weighted by Crippen LogP contribution is 2.29. The summed E-state index contributed by atoms with van der Waals surface area (Å²) in [5.74, 6) is 1.70. The van der Waals surface area contributed by atoms with Crippen LogP contribution in [0.3, 0.4) is 0 Å². The molecule has 1 aliphatic carbocycles. The fraction of sp³-hybridized carbons (Fsp3) is 0.450. The first-order valence-corrected chi connectivity index (χ1v) is 9.82. The van der Waals surface area contributed by atoms with Crippen LogP contribution in [0, 0.1) is 0 Å². The summed E-state index contributed by atoms with van der Waals surface area (Å²) >= 11 is 1.99. The van der Waals surface area contributed by atoms with Crippen LogP contribution in [0.15, 0.2) is 42.5 Å². The first-order valence-electron chi connectivity index (χ1n) is 8.78. The summed E-state index contributed by atoms with van der Waals surface area (Å²) in [5, 5.41) is 5.95. The van der Waals surface area contributed by atoms with Gasteiger partial charge in [0.25, 0.3) is 5.91 Å². The van der Waals surface area contributed by atoms with Gasteiger partial charge in [-0.25, -0.2) is 0 Å². The van der Waals surface area contributed by atoms with E-state index in [0.29, 0.717) is 6.54 Å². The fourth-order valence-electron chi connectivity index (χ4n) is 3.14. The number of hydrogen-bond donors (Lipinski definition) is 1. The van der Waals surface area contributed by atoms with Gasteiger partial charge in [0.1, 0.15) is 5.75 Å². The highest BCUT2D eigenvalue weighted by molar-refractivity contribution is 7.99. The Morgan fingerprint density at radius 1 is 1.21 bits per heavy atom. The van der Waals surface area contributed by atoms with E-state index in [1.165, 1.54) is 25.7 Å². The van der Waals surface area contributed by atoms with Gasteiger partial charge in [-0.05, 0) is 31.2 Å². The van der Waals surface area contributed by atoms with E-state index in [-0.39, 0.29) is 5.91 Å². The van der Waals surface area contributed by atoms with Crippen molar-refractivity contribution in [3.8, 4) is 5.75 Å². The number of hydrogen-bond acceptors (Lipinski definition) is 3. The molecular formula is C20H25NO2S. The first-order chi connectivity index (χ1) is 11.7. The summed E-state index contributed by atoms with van der Waals surface area (Å²) in [6, 6.07) is 14.0. The van der Waals surface area contributed by atoms with Crippen LogP contribution in [0.5, 0.6) is 5.75 Å². The monoisotopic (exact) mass is 343 g/mol. The lowest BCUT2D eigenvalue weighted by molar-refractivity contribution is -0.127. The number of nitrogens with one attached hydrogen (secondary N) is 1. The largest absolute Gasteiger partial charge is 0.480 e. The van der Waals surface area contributed by atoms with Crippen LogP contribution in [0.1, 0.15) is 32.6 Å². The van der Waals surface area contributed by atoms with Crippen molar-refractivity contribution in [2.45, 2.75) is 44.0 Å². The molecule has 0 saturated heterocycles. The molecule has 3 rings (SSSR count). The minimum absolute atomic E-state index is 0.0463. The Morgan fingerprint density at radius 2 is 1.96 bits per heavy atom. The van der Waals surface area contributed by atoms with Gasteiger partial charge >= 0.3 is 0 Å². The van der Waals surface area contributed by atoms with Crippen LogP contribution in [-0.2, 0) is 4.79 Å². The van der Waals surface area contributed by atoms with E-state index in [4.69, 9.17) is 4.74 Å². The molecule has 1 fully saturated rings. The zero-order valence-electron chi connectivity index (χ0n) is 14.2. The van der Waals surface area contributed by atoms with Gasteiger partial charge in [0.05, 0.1) is 0 Å². The molecule has 0 spiro atoms. The maximum Gasteiger partial charge on any atom is 0.260 e. The molecule has 0 aliphatic heterocycles. The SMILES string of the molecule is C[C@@H](Oc1cccc2ccccc12)C(=O)NCCSC1CCCC1. The third-order valence-corrected chi connectivity index (χ3v) is 5.86. The van der Waals surface area contributed by atoms with Crippen molar-refractivity contribution < 1.29 is 9.53 Å². The zero-order chi connectivity index (χ0) is 16.8. The molecule has 1 saturated carbocycles. The topological polar surface area (TPSA) is 38.3 Å². The second-order valence-corrected chi connectivity index (χ2v) is 7.71. The lowest BCUT2D eigenvalue weighted by atomic mass is 10.1. The maximum atomic E-state index is 12.2. The molecule has 2 aromatic carbocycles. The molecule has 0 bridgehead atoms. The molecule has 0 unspecified atom stereocenters. The summed E-state index contributed by atoms with van der Waals surface area (Å²) < 4.78 is 5.90. The number of carbonyl (C=O) groups is 1. The predicted octanol–water partition coefficient (Wildman–Crippen LogP) is 4.40. The molecule has 1 aliphatic rings. The molecule has 4 heteroatoms. The third-order valence-electron chi connectivity index (χ3n) is 4.48. The van der Waals surface area contributed by atoms with Crippen molar-refractivity contribution in [3.63, 3.8) is 0 Å². The van der Waals surface area contributed by atoms with E-state index in [1.807, 2.05) is 54.2 Å². The highest BCUT2D eigenvalue weighted by Gasteiger charge is 2.17. The van der Waals surface area contributed by atoms with Gasteiger partial charge in [-0.2, -0.15) is 11.8 Å². The van der Waals surface area contributed by atoms with Crippen LogP contribution >= 0.6 is 11.8 Å². The molecule has 1 atom stereocenters. The van der Waals surface area contributed by atoms with Gasteiger partial charge in [-0.1, -0.05) is 49.2 Å². The summed E-state index contributed by atoms with van der Waals surface area (Å²) in [5.41, 5.74) is 0. The molecule has 128 valence electrons. The van der Waals surface area contributed by atoms with Crippen molar-refractivity contribution >= 4 is 28.4 Å². The molecule has 1 amide bonds. The number of amides is 1. The van der Waals surface area contributed by atoms with Crippen LogP contribution in [0.4, 0.5) is 0 Å². The Labute approximate surface area is 148 Å². The van der Waals surface area contributed by atoms with Crippen molar-refractivity contribution in [3.05, 3.63) is 42.5 Å². The number of carbonyl (C=O) groups excluding carboxylic acids is 1. The molecule has 24 heavy (non-hydrogen) atoms. The fourth-order valence-corrected chi connectivity index (χ4v) is 4.36. The smallest absolute Gasteiger partial charge is 0.260 e. The lowest BCUT2D eigenvalue weighted by Crippen LogP contribution is -2.37. The molecule has 2 aromatic rings. The number of fused-ring (bicyclic) bond motifs is 1. The molecule has 0 radical (unpaired) electrons. The number of ether oxygens (including phenoxy) is 1. The quantitative estimate of drug-likeness (QED) is 0.757. The second kappa shape index (κ2) is 8.43. The van der Waals surface area contributed by atoms with Crippen LogP contribution in [0.25, 0.3) is 10.8 Å². The Hall–Kier alpha value is -1.68. The number of thioether (sulfide) groups is 1. The van der Waals surface area contributed by atoms with Gasteiger partial charge in [-0.15, -0.1) is 0 Å². The number of rotatable bonds is 7. The summed E-state index contributed by atoms with van der Waals surface area (Å²) in [4.78, 5) is 12.2. The van der Waals surface area contributed by atoms with Crippen LogP contribution in [-0.4, -0.2) is 29.6 Å². The van der Waals surface area contributed by atoms with Crippen LogP contribution < -0.4 is 10.1 Å². The maximum absolute atomic E-state index is 12.2. The van der Waals surface area contributed by atoms with Gasteiger partial charge < -0.3 is 10.1 Å². The summed E-state index contributed by atoms with van der Waals surface area (Å²) in [7, 11) is 0. The molecule has 0 heterocycles. The minimum atomic E-state index is -0.493. The Balaban J connectivity index is 1.48. The average molecular weight is 343 g/mol. The molecule has 0 aromatic heterocycles. The van der Waals surface area contributed by atoms with Gasteiger partial charge in [-0.3, -0.25) is 4.79 Å². The standard InChI is InChI=1S/C20H25NO2S/c1-15(20(22)21-13-14-24-17-9-3-4-10-17)23-19-12-6-8-16-7-2-5-11-18(16)19/h2,5-8,11-12,15,17H,3-4,9-10,13-14H2,1H3,(H,21,22)/t15-/m1/s1. The minimum Gasteiger partial charge on any atom is -0.480 e. The van der Waals surface area contributed by atoms with E-state index in [0.717, 1.165) is 27.5 Å². The Kier molecular flexibility index (Phi) is 6.02. The van der Waals surface area contributed by atoms with Crippen molar-refractivity contribution in [1.29, 1.82) is 0 Å². The second-order valence-electron chi connectivity index (χ2n) is 6.31. The number of benzene rings is 2. The van der Waals surface area contributed by atoms with Gasteiger partial charge in [0.15, 0.2) is 6.10 Å². The summed E-state index contributed by atoms with van der Waals surface area (Å²) in [6.45, 7) is 2.52. The van der Waals surface area contributed by atoms with Crippen LogP contribution in [0.2, 0.25) is 0 Å². The average Bonchev–Trinajstić information content (AvgIpc) is 3.12. The molecule has 1 N–H and O–H groups in total. The van der Waals surface area contributed by atoms with E-state index < -0.39 is 6.10 Å². The normalized spacial score (nSPS) is 16.2. The van der Waals surface area contributed by atoms with Gasteiger partial charge in [0.2, 0.25) is 0 Å². The van der Waals surface area contributed by atoms with E-state index >= 15 is 0 Å². The van der Waals surface area contributed by atoms with Crippen molar-refractivity contribution in [1.82, 2.24) is 5.32 Å². The van der Waals surface area contributed by atoms with Crippen molar-refractivity contribution in [2.24, 2.45) is 0 Å². The van der Waals surface area contributed by atoms with E-state index in [9.17, 15) is 4.79 Å². The summed E-state index contributed by atoms with van der Waals surface area (Å²) in [6.07, 6.45) is 4.89. The Morgan fingerprint density at radius 3 is 2.79 bits per heavy atom. The highest BCUT2D eigenvalue weighted by atomic mass is 32.2. The molecule has 3 nitrogen and oxygen atoms in total. The zero-order valence-corrected chi connectivity index (χ0v) is 15.0. The lowest BCUT2D eigenvalue weighted by Gasteiger charge is -2.16.